The zero-order chi connectivity index (χ0) is 31.6. The summed E-state index contributed by atoms with van der Waals surface area (Å²) in [6.07, 6.45) is 3.09. The molecule has 9 nitrogen and oxygen atoms in total. The third kappa shape index (κ3) is 4.93. The van der Waals surface area contributed by atoms with Crippen LogP contribution in [0.4, 0.5) is 0 Å². The lowest BCUT2D eigenvalue weighted by molar-refractivity contribution is -0.160. The smallest absolute Gasteiger partial charge is 0.337 e. The van der Waals surface area contributed by atoms with Crippen LogP contribution in [0, 0.1) is 6.92 Å². The molecule has 1 N–H and O–H groups in total. The third-order valence-electron chi connectivity index (χ3n) is 8.49. The average molecular weight is 603 g/mol. The van der Waals surface area contributed by atoms with E-state index in [1.165, 1.54) is 0 Å². The van der Waals surface area contributed by atoms with Crippen LogP contribution in [0.3, 0.4) is 0 Å². The number of fused-ring (bicyclic) bond motifs is 2. The van der Waals surface area contributed by atoms with Gasteiger partial charge in [-0.3, -0.25) is 14.5 Å². The molecular weight excluding hydrogens is 568 g/mol. The van der Waals surface area contributed by atoms with E-state index in [1.54, 1.807) is 22.9 Å². The maximum atomic E-state index is 13.5. The van der Waals surface area contributed by atoms with Crippen molar-refractivity contribution in [1.29, 1.82) is 0 Å². The first-order chi connectivity index (χ1) is 21.5. The summed E-state index contributed by atoms with van der Waals surface area (Å²) >= 11 is 0. The molecule has 9 heteroatoms. The van der Waals surface area contributed by atoms with Gasteiger partial charge in [-0.1, -0.05) is 6.07 Å². The van der Waals surface area contributed by atoms with Gasteiger partial charge in [-0.15, -0.1) is 0 Å². The van der Waals surface area contributed by atoms with E-state index in [9.17, 15) is 14.7 Å². The summed E-state index contributed by atoms with van der Waals surface area (Å²) in [4.78, 5) is 31.3. The normalized spacial score (nSPS) is 13.8. The predicted octanol–water partition coefficient (Wildman–Crippen LogP) is 6.34. The highest BCUT2D eigenvalue weighted by molar-refractivity contribution is 6.08. The third-order valence-corrected chi connectivity index (χ3v) is 8.49. The van der Waals surface area contributed by atoms with Crippen LogP contribution in [0.25, 0.3) is 43.8 Å². The van der Waals surface area contributed by atoms with Gasteiger partial charge in [0, 0.05) is 53.0 Å². The van der Waals surface area contributed by atoms with Crippen molar-refractivity contribution in [2.75, 3.05) is 6.61 Å². The van der Waals surface area contributed by atoms with E-state index in [1.807, 2.05) is 88.1 Å². The Bertz CT molecular complexity index is 2210. The first-order valence-electron chi connectivity index (χ1n) is 15.0. The van der Waals surface area contributed by atoms with Crippen LogP contribution in [0.1, 0.15) is 49.1 Å². The van der Waals surface area contributed by atoms with E-state index in [4.69, 9.17) is 14.5 Å². The van der Waals surface area contributed by atoms with E-state index in [0.717, 1.165) is 56.1 Å². The molecule has 7 rings (SSSR count). The number of benzene rings is 3. The zero-order valence-electron chi connectivity index (χ0n) is 25.9. The molecule has 0 aliphatic carbocycles. The number of carbonyl (C=O) groups is 1. The fourth-order valence-electron chi connectivity index (χ4n) is 6.56. The molecule has 1 atom stereocenters. The first kappa shape index (κ1) is 28.7. The van der Waals surface area contributed by atoms with Gasteiger partial charge in [0.25, 0.3) is 5.56 Å². The van der Waals surface area contributed by atoms with Crippen molar-refractivity contribution < 1.29 is 19.4 Å². The maximum absolute atomic E-state index is 13.5. The second-order valence-electron chi connectivity index (χ2n) is 12.7. The van der Waals surface area contributed by atoms with E-state index < -0.39 is 17.7 Å². The molecule has 4 heterocycles. The van der Waals surface area contributed by atoms with Gasteiger partial charge in [0.2, 0.25) is 0 Å². The summed E-state index contributed by atoms with van der Waals surface area (Å²) in [5.41, 5.74) is 6.28. The molecule has 1 aliphatic heterocycles. The van der Waals surface area contributed by atoms with Crippen molar-refractivity contribution in [1.82, 2.24) is 19.3 Å². The predicted molar refractivity (Wildman–Crippen MR) is 174 cm³/mol. The molecule has 3 aromatic heterocycles. The van der Waals surface area contributed by atoms with E-state index in [-0.39, 0.29) is 5.56 Å². The summed E-state index contributed by atoms with van der Waals surface area (Å²) in [6.45, 7) is 8.33. The van der Waals surface area contributed by atoms with Crippen molar-refractivity contribution in [2.24, 2.45) is 7.05 Å². The van der Waals surface area contributed by atoms with Crippen LogP contribution in [0.5, 0.6) is 5.75 Å². The molecule has 6 aromatic rings. The Hall–Kier alpha value is -5.02. The molecule has 3 aromatic carbocycles. The number of hydrogen-bond donors (Lipinski definition) is 1. The highest BCUT2D eigenvalue weighted by Crippen LogP contribution is 2.45. The molecule has 45 heavy (non-hydrogen) atoms. The number of nitrogens with zero attached hydrogens (tertiary/aromatic N) is 4. The molecule has 228 valence electrons. The Morgan fingerprint density at radius 3 is 2.69 bits per heavy atom. The molecule has 0 amide bonds. The number of aryl methyl sites for hydroxylation is 2. The van der Waals surface area contributed by atoms with Crippen LogP contribution in [-0.4, -0.2) is 42.6 Å². The fourth-order valence-corrected chi connectivity index (χ4v) is 6.56. The minimum Gasteiger partial charge on any atom is -0.493 e. The van der Waals surface area contributed by atoms with Crippen molar-refractivity contribution >= 4 is 38.7 Å². The number of hydrogen-bond acceptors (Lipinski definition) is 6. The minimum atomic E-state index is -1.26. The fraction of sp³-hybridized carbons (Fsp3) is 0.278. The van der Waals surface area contributed by atoms with Crippen LogP contribution >= 0.6 is 0 Å². The topological polar surface area (TPSA) is 108 Å². The van der Waals surface area contributed by atoms with Crippen molar-refractivity contribution in [3.63, 3.8) is 0 Å². The van der Waals surface area contributed by atoms with Crippen LogP contribution in [0.2, 0.25) is 0 Å². The summed E-state index contributed by atoms with van der Waals surface area (Å²) in [6, 6.07) is 17.2. The van der Waals surface area contributed by atoms with Crippen molar-refractivity contribution in [3.8, 4) is 16.9 Å². The van der Waals surface area contributed by atoms with Gasteiger partial charge in [0.05, 0.1) is 41.5 Å². The molecule has 0 fully saturated rings. The second kappa shape index (κ2) is 10.6. The number of rotatable bonds is 6. The zero-order valence-corrected chi connectivity index (χ0v) is 25.9. The van der Waals surface area contributed by atoms with Crippen LogP contribution in [-0.2, 0) is 29.5 Å². The summed E-state index contributed by atoms with van der Waals surface area (Å²) < 4.78 is 15.8. The molecule has 1 aliphatic rings. The van der Waals surface area contributed by atoms with Crippen molar-refractivity contribution in [2.45, 2.75) is 52.4 Å². The summed E-state index contributed by atoms with van der Waals surface area (Å²) in [5, 5.41) is 17.6. The molecule has 0 radical (unpaired) electrons. The van der Waals surface area contributed by atoms with Gasteiger partial charge in [-0.2, -0.15) is 5.10 Å². The van der Waals surface area contributed by atoms with E-state index in [0.29, 0.717) is 35.4 Å². The monoisotopic (exact) mass is 602 g/mol. The second-order valence-corrected chi connectivity index (χ2v) is 12.7. The minimum absolute atomic E-state index is 0.156. The standard InChI is InChI=1S/C36H34N4O5/c1-20-16-27-24(8-11-29(41)40(27)19-21-6-9-26-23(17-21)18-38-39(26)5)32(30(20)34(35(42)43)45-36(2,3)4)25-7-10-28-31-22(13-15-44-28)12-14-37-33(25)31/h6-12,14,16-18,34H,13,15,19H2,1-5H3,(H,42,43). The number of ether oxygens (including phenoxy) is 2. The Balaban J connectivity index is 1.54. The SMILES string of the molecule is Cc1cc2c(ccc(=O)n2Cc2ccc3c(cnn3C)c2)c(-c2ccc3c4c(ccnc24)CCO3)c1C(OC(C)(C)C)C(=O)O. The highest BCUT2D eigenvalue weighted by Gasteiger charge is 2.33. The molecule has 1 unspecified atom stereocenters. The van der Waals surface area contributed by atoms with Gasteiger partial charge < -0.3 is 19.1 Å². The quantitative estimate of drug-likeness (QED) is 0.237. The van der Waals surface area contributed by atoms with Crippen LogP contribution < -0.4 is 10.3 Å². The lowest BCUT2D eigenvalue weighted by Gasteiger charge is -2.29. The number of carboxylic acids is 1. The molecule has 0 bridgehead atoms. The van der Waals surface area contributed by atoms with E-state index >= 15 is 0 Å². The summed E-state index contributed by atoms with van der Waals surface area (Å²) in [7, 11) is 1.90. The van der Waals surface area contributed by atoms with Gasteiger partial charge >= 0.3 is 5.97 Å². The number of carboxylic acid groups (broad SMARTS) is 1. The van der Waals surface area contributed by atoms with Gasteiger partial charge in [0.1, 0.15) is 5.75 Å². The lowest BCUT2D eigenvalue weighted by Crippen LogP contribution is -2.28. The van der Waals surface area contributed by atoms with Gasteiger partial charge in [-0.05, 0) is 92.4 Å². The largest absolute Gasteiger partial charge is 0.493 e. The van der Waals surface area contributed by atoms with Gasteiger partial charge in [-0.25, -0.2) is 4.79 Å². The lowest BCUT2D eigenvalue weighted by atomic mass is 9.86. The number of aromatic nitrogens is 4. The Morgan fingerprint density at radius 2 is 1.91 bits per heavy atom. The molecule has 0 saturated heterocycles. The highest BCUT2D eigenvalue weighted by atomic mass is 16.5. The average Bonchev–Trinajstić information content (AvgIpc) is 3.37. The number of aliphatic carboxylic acids is 1. The molecule has 0 saturated carbocycles. The number of pyridine rings is 2. The van der Waals surface area contributed by atoms with E-state index in [2.05, 4.69) is 5.10 Å². The van der Waals surface area contributed by atoms with Crippen molar-refractivity contribution in [3.05, 3.63) is 99.6 Å². The first-order valence-corrected chi connectivity index (χ1v) is 15.0. The Kier molecular flexibility index (Phi) is 6.74. The maximum Gasteiger partial charge on any atom is 0.337 e. The van der Waals surface area contributed by atoms with Crippen LogP contribution in [0.15, 0.2) is 71.8 Å². The Labute approximate surface area is 259 Å². The summed E-state index contributed by atoms with van der Waals surface area (Å²) in [5.74, 6) is -0.337. The van der Waals surface area contributed by atoms with Gasteiger partial charge in [0.15, 0.2) is 6.10 Å². The molecule has 0 spiro atoms. The Morgan fingerprint density at radius 1 is 1.09 bits per heavy atom. The molecular formula is C36H34N4O5.